The van der Waals surface area contributed by atoms with Gasteiger partial charge in [-0.15, -0.1) is 0 Å². The Labute approximate surface area is 197 Å². The molecule has 1 saturated heterocycles. The van der Waals surface area contributed by atoms with Crippen LogP contribution in [0.2, 0.25) is 0 Å². The molecule has 0 radical (unpaired) electrons. The van der Waals surface area contributed by atoms with Crippen LogP contribution in [-0.4, -0.2) is 59.9 Å². The number of esters is 1. The van der Waals surface area contributed by atoms with Gasteiger partial charge in [-0.2, -0.15) is 0 Å². The summed E-state index contributed by atoms with van der Waals surface area (Å²) in [7, 11) is 1.31. The molecule has 3 aromatic rings. The van der Waals surface area contributed by atoms with Crippen LogP contribution in [0.15, 0.2) is 48.5 Å². The van der Waals surface area contributed by atoms with E-state index in [1.54, 1.807) is 43.0 Å². The van der Waals surface area contributed by atoms with Crippen molar-refractivity contribution in [3.05, 3.63) is 93.8 Å². The molecule has 0 aliphatic carbocycles. The van der Waals surface area contributed by atoms with Gasteiger partial charge in [0.05, 0.1) is 18.7 Å². The lowest BCUT2D eigenvalue weighted by atomic mass is 9.96. The van der Waals surface area contributed by atoms with E-state index < -0.39 is 5.97 Å². The van der Waals surface area contributed by atoms with Crippen LogP contribution in [-0.2, 0) is 4.74 Å². The van der Waals surface area contributed by atoms with Crippen LogP contribution in [0.3, 0.4) is 0 Å². The summed E-state index contributed by atoms with van der Waals surface area (Å²) in [6, 6.07) is 12.4. The van der Waals surface area contributed by atoms with Crippen LogP contribution in [0.1, 0.15) is 49.3 Å². The van der Waals surface area contributed by atoms with Crippen molar-refractivity contribution in [3.8, 4) is 0 Å². The van der Waals surface area contributed by atoms with Crippen molar-refractivity contribution < 1.29 is 23.1 Å². The number of rotatable bonds is 5. The molecule has 1 aromatic heterocycles. The number of ether oxygens (including phenoxy) is 1. The highest BCUT2D eigenvalue weighted by atomic mass is 19.1. The third kappa shape index (κ3) is 4.59. The molecule has 6 nitrogen and oxygen atoms in total. The number of hydrogen-bond acceptors (Lipinski definition) is 4. The molecule has 0 unspecified atom stereocenters. The Balaban J connectivity index is 1.54. The van der Waals surface area contributed by atoms with Crippen LogP contribution < -0.4 is 0 Å². The molecule has 1 aliphatic rings. The lowest BCUT2D eigenvalue weighted by molar-refractivity contribution is 0.0591. The molecule has 1 aliphatic heterocycles. The van der Waals surface area contributed by atoms with Gasteiger partial charge in [-0.25, -0.2) is 13.6 Å². The number of amides is 1. The predicted octanol–water partition coefficient (Wildman–Crippen LogP) is 4.24. The summed E-state index contributed by atoms with van der Waals surface area (Å²) in [6.07, 6.45) is 0. The summed E-state index contributed by atoms with van der Waals surface area (Å²) >= 11 is 0. The second-order valence-corrected chi connectivity index (χ2v) is 8.45. The van der Waals surface area contributed by atoms with Gasteiger partial charge in [-0.1, -0.05) is 24.3 Å². The number of halogens is 2. The summed E-state index contributed by atoms with van der Waals surface area (Å²) in [4.78, 5) is 32.3. The van der Waals surface area contributed by atoms with E-state index in [9.17, 15) is 18.4 Å². The van der Waals surface area contributed by atoms with Gasteiger partial charge >= 0.3 is 5.97 Å². The number of piperazine rings is 1. The van der Waals surface area contributed by atoms with Crippen LogP contribution >= 0.6 is 0 Å². The molecule has 4 rings (SSSR count). The summed E-state index contributed by atoms with van der Waals surface area (Å²) in [5.74, 6) is -1.29. The standard InChI is InChI=1S/C26H27F2N3O3/c1-16-22(26(33)34-3)17(2)29-23(16)25(32)31-14-12-30(13-15-31)24(18-4-8-20(27)9-5-18)19-6-10-21(28)11-7-19/h4-11,24,29H,12-15H2,1-3H3. The van der Waals surface area contributed by atoms with Crippen LogP contribution in [0.25, 0.3) is 0 Å². The quantitative estimate of drug-likeness (QED) is 0.570. The fraction of sp³-hybridized carbons (Fsp3) is 0.308. The number of nitrogens with zero attached hydrogens (tertiary/aromatic N) is 2. The number of aryl methyl sites for hydroxylation is 1. The zero-order valence-corrected chi connectivity index (χ0v) is 19.4. The second kappa shape index (κ2) is 9.77. The Hall–Kier alpha value is -3.52. The number of benzene rings is 2. The number of H-pyrrole nitrogens is 1. The van der Waals surface area contributed by atoms with E-state index in [1.807, 2.05) is 0 Å². The molecule has 34 heavy (non-hydrogen) atoms. The van der Waals surface area contributed by atoms with E-state index in [0.29, 0.717) is 48.7 Å². The lowest BCUT2D eigenvalue weighted by Gasteiger charge is -2.39. The highest BCUT2D eigenvalue weighted by Gasteiger charge is 2.31. The first-order valence-corrected chi connectivity index (χ1v) is 11.1. The van der Waals surface area contributed by atoms with Gasteiger partial charge in [-0.05, 0) is 54.8 Å². The molecule has 178 valence electrons. The first kappa shape index (κ1) is 23.6. The minimum Gasteiger partial charge on any atom is -0.465 e. The maximum Gasteiger partial charge on any atom is 0.339 e. The summed E-state index contributed by atoms with van der Waals surface area (Å²) in [5, 5.41) is 0. The molecule has 2 aromatic carbocycles. The number of nitrogens with one attached hydrogen (secondary N) is 1. The van der Waals surface area contributed by atoms with Crippen LogP contribution in [0, 0.1) is 25.5 Å². The van der Waals surface area contributed by atoms with Crippen molar-refractivity contribution in [2.75, 3.05) is 33.3 Å². The number of hydrogen-bond donors (Lipinski definition) is 1. The van der Waals surface area contributed by atoms with Gasteiger partial charge in [0.25, 0.3) is 5.91 Å². The predicted molar refractivity (Wildman–Crippen MR) is 124 cm³/mol. The number of aromatic nitrogens is 1. The van der Waals surface area contributed by atoms with Gasteiger partial charge in [-0.3, -0.25) is 9.69 Å². The molecule has 0 atom stereocenters. The van der Waals surface area contributed by atoms with Gasteiger partial charge in [0.2, 0.25) is 0 Å². The Morgan fingerprint density at radius 1 is 0.882 bits per heavy atom. The lowest BCUT2D eigenvalue weighted by Crippen LogP contribution is -2.50. The van der Waals surface area contributed by atoms with E-state index in [2.05, 4.69) is 9.88 Å². The molecule has 1 amide bonds. The van der Waals surface area contributed by atoms with E-state index >= 15 is 0 Å². The van der Waals surface area contributed by atoms with E-state index in [1.165, 1.54) is 31.4 Å². The zero-order chi connectivity index (χ0) is 24.4. The minimum absolute atomic E-state index is 0.171. The second-order valence-electron chi connectivity index (χ2n) is 8.45. The average molecular weight is 468 g/mol. The Morgan fingerprint density at radius 3 is 1.85 bits per heavy atom. The highest BCUT2D eigenvalue weighted by Crippen LogP contribution is 2.30. The topological polar surface area (TPSA) is 65.6 Å². The smallest absolute Gasteiger partial charge is 0.339 e. The maximum absolute atomic E-state index is 13.5. The summed E-state index contributed by atoms with van der Waals surface area (Å²) < 4.78 is 31.9. The van der Waals surface area contributed by atoms with E-state index in [0.717, 1.165) is 11.1 Å². The molecule has 1 N–H and O–H groups in total. The van der Waals surface area contributed by atoms with Gasteiger partial charge in [0.15, 0.2) is 0 Å². The highest BCUT2D eigenvalue weighted by molar-refractivity contribution is 6.00. The molecule has 2 heterocycles. The number of carbonyl (C=O) groups is 2. The van der Waals surface area contributed by atoms with Crippen molar-refractivity contribution >= 4 is 11.9 Å². The van der Waals surface area contributed by atoms with E-state index in [4.69, 9.17) is 4.74 Å². The maximum atomic E-state index is 13.5. The molecule has 0 spiro atoms. The monoisotopic (exact) mass is 467 g/mol. The number of carbonyl (C=O) groups excluding carboxylic acids is 2. The Bertz CT molecular complexity index is 1140. The zero-order valence-electron chi connectivity index (χ0n) is 19.4. The van der Waals surface area contributed by atoms with Crippen LogP contribution in [0.5, 0.6) is 0 Å². The first-order valence-electron chi connectivity index (χ1n) is 11.1. The molecule has 8 heteroatoms. The van der Waals surface area contributed by atoms with Gasteiger partial charge in [0, 0.05) is 31.9 Å². The fourth-order valence-corrected chi connectivity index (χ4v) is 4.62. The molecule has 1 fully saturated rings. The van der Waals surface area contributed by atoms with Gasteiger partial charge < -0.3 is 14.6 Å². The minimum atomic E-state index is -0.475. The van der Waals surface area contributed by atoms with Crippen molar-refractivity contribution in [1.82, 2.24) is 14.8 Å². The molecular formula is C26H27F2N3O3. The molecule has 0 saturated carbocycles. The number of aromatic amines is 1. The van der Waals surface area contributed by atoms with Crippen molar-refractivity contribution in [3.63, 3.8) is 0 Å². The SMILES string of the molecule is COC(=O)c1c(C)[nH]c(C(=O)N2CCN(C(c3ccc(F)cc3)c3ccc(F)cc3)CC2)c1C. The van der Waals surface area contributed by atoms with Gasteiger partial charge in [0.1, 0.15) is 17.3 Å². The van der Waals surface area contributed by atoms with Crippen LogP contribution in [0.4, 0.5) is 8.78 Å². The third-order valence-corrected chi connectivity index (χ3v) is 6.38. The van der Waals surface area contributed by atoms with E-state index in [-0.39, 0.29) is 23.6 Å². The third-order valence-electron chi connectivity index (χ3n) is 6.38. The summed E-state index contributed by atoms with van der Waals surface area (Å²) in [6.45, 7) is 5.58. The Morgan fingerprint density at radius 2 is 1.38 bits per heavy atom. The molecule has 0 bridgehead atoms. The first-order chi connectivity index (χ1) is 16.3. The fourth-order valence-electron chi connectivity index (χ4n) is 4.62. The van der Waals surface area contributed by atoms with Crippen molar-refractivity contribution in [2.24, 2.45) is 0 Å². The average Bonchev–Trinajstić information content (AvgIpc) is 3.15. The normalized spacial score (nSPS) is 14.5. The molecular weight excluding hydrogens is 440 g/mol. The van der Waals surface area contributed by atoms with Crippen molar-refractivity contribution in [1.29, 1.82) is 0 Å². The summed E-state index contributed by atoms with van der Waals surface area (Å²) in [5.41, 5.74) is 3.74. The van der Waals surface area contributed by atoms with Crippen molar-refractivity contribution in [2.45, 2.75) is 19.9 Å². The Kier molecular flexibility index (Phi) is 6.79. The largest absolute Gasteiger partial charge is 0.465 e. The number of methoxy groups -OCH3 is 1.